The van der Waals surface area contributed by atoms with Gasteiger partial charge >= 0.3 is 12.1 Å². The van der Waals surface area contributed by atoms with Gasteiger partial charge in [-0.1, -0.05) is 6.07 Å². The molecule has 0 spiro atoms. The van der Waals surface area contributed by atoms with Crippen LogP contribution in [-0.2, 0) is 22.4 Å². The molecule has 1 aliphatic carbocycles. The molecule has 1 aliphatic rings. The Morgan fingerprint density at radius 2 is 1.87 bits per heavy atom. The smallest absolute Gasteiger partial charge is 0.484 e. The van der Waals surface area contributed by atoms with E-state index in [0.29, 0.717) is 27.7 Å². The molecule has 1 heterocycles. The summed E-state index contributed by atoms with van der Waals surface area (Å²) in [6, 6.07) is 15.3. The Morgan fingerprint density at radius 3 is 2.51 bits per heavy atom. The summed E-state index contributed by atoms with van der Waals surface area (Å²) in [5, 5.41) is 22.0. The average molecular weight is 562 g/mol. The first-order chi connectivity index (χ1) is 18.4. The van der Waals surface area contributed by atoms with Gasteiger partial charge in [0.15, 0.2) is 11.7 Å². The van der Waals surface area contributed by atoms with Crippen molar-refractivity contribution in [2.75, 3.05) is 17.2 Å². The van der Waals surface area contributed by atoms with E-state index in [1.165, 1.54) is 11.3 Å². The van der Waals surface area contributed by atoms with Gasteiger partial charge in [-0.2, -0.15) is 18.4 Å². The molecule has 3 aromatic rings. The topological polar surface area (TPSA) is 167 Å². The number of carboxylic acids is 1. The molecule has 2 aromatic carbocycles. The fraction of sp³-hybridized carbons (Fsp3) is 0.240. The lowest BCUT2D eigenvalue weighted by atomic mass is 9.99. The molecule has 0 saturated heterocycles. The summed E-state index contributed by atoms with van der Waals surface area (Å²) in [5.74, 6) is -3.01. The number of nitrogens with one attached hydrogen (secondary N) is 2. The molecule has 2 amide bonds. The number of nitrogens with zero attached hydrogens (tertiary/aromatic N) is 2. The zero-order valence-corrected chi connectivity index (χ0v) is 20.9. The minimum atomic E-state index is -5.08. The van der Waals surface area contributed by atoms with Crippen LogP contribution in [0.15, 0.2) is 48.5 Å². The van der Waals surface area contributed by atoms with E-state index in [2.05, 4.69) is 15.6 Å². The summed E-state index contributed by atoms with van der Waals surface area (Å²) in [5.41, 5.74) is 8.50. The number of hydrogen-bond donors (Lipinski definition) is 4. The standard InChI is InChI=1S/C23H21N5O3S.C2HF3O2/c24-12-14-4-7-17(8-5-14)26-21(29)13-31-18-3-1-2-15(10-18)22(30)28-23-27-19-9-6-16(25)11-20(19)32-23;3-2(4,5)1(6)7/h1-5,7-8,10,16H,6,9,11,13,25H2,(H,26,29)(H,27,28,30);(H,6,7). The second-order valence-corrected chi connectivity index (χ2v) is 9.29. The van der Waals surface area contributed by atoms with Crippen LogP contribution in [0.5, 0.6) is 5.75 Å². The molecule has 0 bridgehead atoms. The van der Waals surface area contributed by atoms with Crippen LogP contribution < -0.4 is 21.1 Å². The maximum atomic E-state index is 12.6. The first-order valence-corrected chi connectivity index (χ1v) is 12.1. The van der Waals surface area contributed by atoms with Crippen molar-refractivity contribution in [2.24, 2.45) is 5.73 Å². The van der Waals surface area contributed by atoms with Crippen LogP contribution in [0.2, 0.25) is 0 Å². The van der Waals surface area contributed by atoms with Crippen molar-refractivity contribution in [2.45, 2.75) is 31.5 Å². The van der Waals surface area contributed by atoms with Gasteiger partial charge in [0.25, 0.3) is 11.8 Å². The van der Waals surface area contributed by atoms with Crippen molar-refractivity contribution in [3.05, 3.63) is 70.2 Å². The van der Waals surface area contributed by atoms with E-state index in [1.807, 2.05) is 6.07 Å². The normalized spacial score (nSPS) is 14.1. The SMILES string of the molecule is N#Cc1ccc(NC(=O)COc2cccc(C(=O)Nc3nc4c(s3)CC(N)CC4)c2)cc1.O=C(O)C(F)(F)F. The molecule has 1 atom stereocenters. The fourth-order valence-corrected chi connectivity index (χ4v) is 4.42. The van der Waals surface area contributed by atoms with E-state index in [-0.39, 0.29) is 24.5 Å². The number of carboxylic acid groups (broad SMARTS) is 1. The number of aliphatic carboxylic acids is 1. The number of ether oxygens (including phenoxy) is 1. The van der Waals surface area contributed by atoms with Crippen molar-refractivity contribution < 1.29 is 37.4 Å². The predicted molar refractivity (Wildman–Crippen MR) is 135 cm³/mol. The molecule has 39 heavy (non-hydrogen) atoms. The van der Waals surface area contributed by atoms with E-state index < -0.39 is 12.1 Å². The van der Waals surface area contributed by atoms with Crippen LogP contribution in [0, 0.1) is 11.3 Å². The first kappa shape index (κ1) is 29.1. The molecule has 1 unspecified atom stereocenters. The highest BCUT2D eigenvalue weighted by Crippen LogP contribution is 2.29. The van der Waals surface area contributed by atoms with Gasteiger partial charge in [-0.05, 0) is 61.7 Å². The van der Waals surface area contributed by atoms with Gasteiger partial charge in [-0.3, -0.25) is 14.9 Å². The lowest BCUT2D eigenvalue weighted by Gasteiger charge is -2.15. The van der Waals surface area contributed by atoms with Crippen molar-refractivity contribution in [1.29, 1.82) is 5.26 Å². The Bertz CT molecular complexity index is 1390. The van der Waals surface area contributed by atoms with Gasteiger partial charge in [-0.25, -0.2) is 9.78 Å². The molecule has 0 aliphatic heterocycles. The number of halogens is 3. The maximum absolute atomic E-state index is 12.6. The number of aryl methyl sites for hydroxylation is 1. The van der Waals surface area contributed by atoms with Crippen molar-refractivity contribution in [1.82, 2.24) is 4.98 Å². The Hall–Kier alpha value is -4.48. The second-order valence-electron chi connectivity index (χ2n) is 8.20. The minimum absolute atomic E-state index is 0.148. The van der Waals surface area contributed by atoms with Gasteiger partial charge in [0, 0.05) is 22.2 Å². The van der Waals surface area contributed by atoms with Crippen LogP contribution in [0.4, 0.5) is 24.0 Å². The third-order valence-corrected chi connectivity index (χ3v) is 6.24. The van der Waals surface area contributed by atoms with E-state index in [1.54, 1.807) is 48.5 Å². The monoisotopic (exact) mass is 561 g/mol. The average Bonchev–Trinajstić information content (AvgIpc) is 3.29. The Morgan fingerprint density at radius 1 is 1.18 bits per heavy atom. The van der Waals surface area contributed by atoms with Crippen molar-refractivity contribution in [3.63, 3.8) is 0 Å². The van der Waals surface area contributed by atoms with Crippen LogP contribution >= 0.6 is 11.3 Å². The minimum Gasteiger partial charge on any atom is -0.484 e. The number of nitrogens with two attached hydrogens (primary N) is 1. The molecule has 4 rings (SSSR count). The van der Waals surface area contributed by atoms with Gasteiger partial charge in [0.05, 0.1) is 17.3 Å². The Kier molecular flexibility index (Phi) is 9.58. The third-order valence-electron chi connectivity index (χ3n) is 5.20. The number of fused-ring (bicyclic) bond motifs is 1. The highest BCUT2D eigenvalue weighted by molar-refractivity contribution is 7.15. The number of thiazole rings is 1. The van der Waals surface area contributed by atoms with Gasteiger partial charge in [0.2, 0.25) is 0 Å². The van der Waals surface area contributed by atoms with E-state index >= 15 is 0 Å². The summed E-state index contributed by atoms with van der Waals surface area (Å²) >= 11 is 1.46. The number of carbonyl (C=O) groups excluding carboxylic acids is 2. The van der Waals surface area contributed by atoms with E-state index in [4.69, 9.17) is 25.6 Å². The highest BCUT2D eigenvalue weighted by Gasteiger charge is 2.38. The number of hydrogen-bond acceptors (Lipinski definition) is 8. The van der Waals surface area contributed by atoms with E-state index in [9.17, 15) is 22.8 Å². The molecule has 14 heteroatoms. The molecule has 0 radical (unpaired) electrons. The molecule has 0 saturated carbocycles. The van der Waals surface area contributed by atoms with Crippen LogP contribution in [-0.4, -0.2) is 46.7 Å². The molecule has 204 valence electrons. The van der Waals surface area contributed by atoms with Gasteiger partial charge in [0.1, 0.15) is 5.75 Å². The third kappa shape index (κ3) is 8.80. The predicted octanol–water partition coefficient (Wildman–Crippen LogP) is 3.73. The molecular formula is C25H22F3N5O5S. The zero-order chi connectivity index (χ0) is 28.6. The lowest BCUT2D eigenvalue weighted by molar-refractivity contribution is -0.192. The number of aromatic nitrogens is 1. The quantitative estimate of drug-likeness (QED) is 0.353. The number of alkyl halides is 3. The van der Waals surface area contributed by atoms with E-state index in [0.717, 1.165) is 29.8 Å². The number of amides is 2. The summed E-state index contributed by atoms with van der Waals surface area (Å²) < 4.78 is 37.3. The molecule has 1 aromatic heterocycles. The number of rotatable bonds is 6. The lowest BCUT2D eigenvalue weighted by Crippen LogP contribution is -2.27. The number of benzene rings is 2. The number of anilines is 2. The fourth-order valence-electron chi connectivity index (χ4n) is 3.32. The summed E-state index contributed by atoms with van der Waals surface area (Å²) in [4.78, 5) is 39.3. The Balaban J connectivity index is 0.000000532. The summed E-state index contributed by atoms with van der Waals surface area (Å²) in [6.07, 6.45) is -2.56. The maximum Gasteiger partial charge on any atom is 0.490 e. The van der Waals surface area contributed by atoms with Gasteiger partial charge < -0.3 is 20.9 Å². The summed E-state index contributed by atoms with van der Waals surface area (Å²) in [7, 11) is 0. The number of carbonyl (C=O) groups is 3. The van der Waals surface area contributed by atoms with Crippen LogP contribution in [0.1, 0.15) is 32.9 Å². The highest BCUT2D eigenvalue weighted by atomic mass is 32.1. The number of nitriles is 1. The van der Waals surface area contributed by atoms with Crippen molar-refractivity contribution >= 4 is 39.9 Å². The molecular weight excluding hydrogens is 539 g/mol. The van der Waals surface area contributed by atoms with Gasteiger partial charge in [-0.15, -0.1) is 11.3 Å². The van der Waals surface area contributed by atoms with Crippen molar-refractivity contribution in [3.8, 4) is 11.8 Å². The molecule has 10 nitrogen and oxygen atoms in total. The van der Waals surface area contributed by atoms with Crippen LogP contribution in [0.3, 0.4) is 0 Å². The largest absolute Gasteiger partial charge is 0.490 e. The second kappa shape index (κ2) is 12.9. The first-order valence-electron chi connectivity index (χ1n) is 11.3. The molecule has 5 N–H and O–H groups in total. The molecule has 0 fully saturated rings. The Labute approximate surface area is 224 Å². The summed E-state index contributed by atoms with van der Waals surface area (Å²) in [6.45, 7) is -0.218. The van der Waals surface area contributed by atoms with Crippen LogP contribution in [0.25, 0.3) is 0 Å². The zero-order valence-electron chi connectivity index (χ0n) is 20.1.